The van der Waals surface area contributed by atoms with Gasteiger partial charge in [-0.3, -0.25) is 9.78 Å². The number of amides is 1. The van der Waals surface area contributed by atoms with Crippen LogP contribution in [0.5, 0.6) is 0 Å². The number of aromatic nitrogens is 3. The van der Waals surface area contributed by atoms with Gasteiger partial charge >= 0.3 is 0 Å². The summed E-state index contributed by atoms with van der Waals surface area (Å²) >= 11 is 0. The molecule has 7 nitrogen and oxygen atoms in total. The highest BCUT2D eigenvalue weighted by molar-refractivity contribution is 5.92. The van der Waals surface area contributed by atoms with E-state index in [2.05, 4.69) is 25.6 Å². The van der Waals surface area contributed by atoms with E-state index in [1.807, 2.05) is 12.1 Å². The first-order chi connectivity index (χ1) is 10.8. The van der Waals surface area contributed by atoms with E-state index in [1.54, 1.807) is 25.6 Å². The van der Waals surface area contributed by atoms with E-state index in [1.165, 1.54) is 6.33 Å². The van der Waals surface area contributed by atoms with Gasteiger partial charge in [-0.25, -0.2) is 9.97 Å². The quantitative estimate of drug-likeness (QED) is 0.713. The first kappa shape index (κ1) is 15.8. The summed E-state index contributed by atoms with van der Waals surface area (Å²) in [5.74, 6) is 0.379. The molecule has 2 N–H and O–H groups in total. The van der Waals surface area contributed by atoms with E-state index >= 15 is 0 Å². The maximum atomic E-state index is 12.0. The lowest BCUT2D eigenvalue weighted by molar-refractivity contribution is 0.0943. The second-order valence-corrected chi connectivity index (χ2v) is 4.61. The number of ether oxygens (including phenoxy) is 1. The second kappa shape index (κ2) is 8.68. The molecule has 0 saturated carbocycles. The molecule has 2 rings (SSSR count). The van der Waals surface area contributed by atoms with Crippen molar-refractivity contribution in [2.24, 2.45) is 0 Å². The van der Waals surface area contributed by atoms with Crippen LogP contribution in [-0.4, -0.2) is 41.1 Å². The summed E-state index contributed by atoms with van der Waals surface area (Å²) < 4.78 is 4.93. The molecule has 2 aromatic heterocycles. The Hall–Kier alpha value is -2.54. The lowest BCUT2D eigenvalue weighted by atomic mass is 10.3. The molecular weight excluding hydrogens is 282 g/mol. The summed E-state index contributed by atoms with van der Waals surface area (Å²) in [6, 6.07) is 5.46. The van der Waals surface area contributed by atoms with Gasteiger partial charge in [-0.2, -0.15) is 0 Å². The largest absolute Gasteiger partial charge is 0.385 e. The minimum absolute atomic E-state index is 0.220. The van der Waals surface area contributed by atoms with Crippen LogP contribution in [0.15, 0.2) is 36.9 Å². The molecule has 7 heteroatoms. The topological polar surface area (TPSA) is 89.0 Å². The van der Waals surface area contributed by atoms with E-state index < -0.39 is 0 Å². The van der Waals surface area contributed by atoms with Crippen molar-refractivity contribution >= 4 is 11.7 Å². The molecule has 0 aliphatic carbocycles. The van der Waals surface area contributed by atoms with Crippen LogP contribution >= 0.6 is 0 Å². The number of nitrogens with zero attached hydrogens (tertiary/aromatic N) is 3. The summed E-state index contributed by atoms with van der Waals surface area (Å²) in [6.07, 6.45) is 5.63. The van der Waals surface area contributed by atoms with Crippen LogP contribution in [0, 0.1) is 0 Å². The van der Waals surface area contributed by atoms with Gasteiger partial charge in [-0.1, -0.05) is 6.07 Å². The summed E-state index contributed by atoms with van der Waals surface area (Å²) in [4.78, 5) is 24.1. The molecule has 0 bridgehead atoms. The molecule has 0 aliphatic heterocycles. The molecule has 0 atom stereocenters. The molecule has 0 saturated heterocycles. The fraction of sp³-hybridized carbons (Fsp3) is 0.333. The number of hydrogen-bond donors (Lipinski definition) is 2. The van der Waals surface area contributed by atoms with Gasteiger partial charge in [0.25, 0.3) is 5.91 Å². The molecule has 116 valence electrons. The zero-order valence-corrected chi connectivity index (χ0v) is 12.5. The van der Waals surface area contributed by atoms with Crippen molar-refractivity contribution in [1.29, 1.82) is 0 Å². The zero-order valence-electron chi connectivity index (χ0n) is 12.5. The lowest BCUT2D eigenvalue weighted by Gasteiger charge is -2.07. The van der Waals surface area contributed by atoms with Crippen molar-refractivity contribution in [3.05, 3.63) is 48.2 Å². The van der Waals surface area contributed by atoms with Gasteiger partial charge < -0.3 is 15.4 Å². The second-order valence-electron chi connectivity index (χ2n) is 4.61. The average molecular weight is 301 g/mol. The number of rotatable bonds is 8. The van der Waals surface area contributed by atoms with Crippen LogP contribution < -0.4 is 10.6 Å². The Morgan fingerprint density at radius 2 is 2.27 bits per heavy atom. The van der Waals surface area contributed by atoms with Gasteiger partial charge in [0, 0.05) is 45.3 Å². The molecule has 1 amide bonds. The van der Waals surface area contributed by atoms with E-state index in [0.29, 0.717) is 31.2 Å². The van der Waals surface area contributed by atoms with E-state index in [-0.39, 0.29) is 5.91 Å². The minimum Gasteiger partial charge on any atom is -0.385 e. The van der Waals surface area contributed by atoms with Crippen molar-refractivity contribution in [2.75, 3.05) is 25.6 Å². The van der Waals surface area contributed by atoms with Crippen molar-refractivity contribution in [3.8, 4) is 0 Å². The summed E-state index contributed by atoms with van der Waals surface area (Å²) in [5, 5.41) is 5.93. The monoisotopic (exact) mass is 301 g/mol. The third kappa shape index (κ3) is 5.10. The molecule has 0 aliphatic rings. The number of anilines is 1. The van der Waals surface area contributed by atoms with Gasteiger partial charge in [-0.05, 0) is 18.1 Å². The molecule has 0 aromatic carbocycles. The molecule has 0 radical (unpaired) electrons. The van der Waals surface area contributed by atoms with Crippen LogP contribution in [0.25, 0.3) is 0 Å². The predicted octanol–water partition coefficient (Wildman–Crippen LogP) is 1.25. The van der Waals surface area contributed by atoms with Gasteiger partial charge in [0.1, 0.15) is 17.8 Å². The van der Waals surface area contributed by atoms with Crippen LogP contribution in [-0.2, 0) is 11.3 Å². The van der Waals surface area contributed by atoms with Crippen molar-refractivity contribution in [1.82, 2.24) is 20.3 Å². The highest BCUT2D eigenvalue weighted by atomic mass is 16.5. The summed E-state index contributed by atoms with van der Waals surface area (Å²) in [6.45, 7) is 1.75. The highest BCUT2D eigenvalue weighted by Gasteiger charge is 2.08. The number of pyridine rings is 1. The van der Waals surface area contributed by atoms with E-state index in [9.17, 15) is 4.79 Å². The van der Waals surface area contributed by atoms with Crippen LogP contribution in [0.3, 0.4) is 0 Å². The minimum atomic E-state index is -0.220. The Kier molecular flexibility index (Phi) is 6.25. The van der Waals surface area contributed by atoms with Crippen LogP contribution in [0.2, 0.25) is 0 Å². The summed E-state index contributed by atoms with van der Waals surface area (Å²) in [5.41, 5.74) is 1.37. The Balaban J connectivity index is 1.87. The SMILES string of the molecule is COCCCNC(=O)c1cc(NCc2cccnc2)ncn1. The van der Waals surface area contributed by atoms with Gasteiger partial charge in [0.05, 0.1) is 0 Å². The smallest absolute Gasteiger partial charge is 0.270 e. The Morgan fingerprint density at radius 3 is 3.05 bits per heavy atom. The molecule has 2 aromatic rings. The Labute approximate surface area is 129 Å². The van der Waals surface area contributed by atoms with Crippen molar-refractivity contribution in [3.63, 3.8) is 0 Å². The van der Waals surface area contributed by atoms with E-state index in [4.69, 9.17) is 4.74 Å². The fourth-order valence-electron chi connectivity index (χ4n) is 1.78. The summed E-state index contributed by atoms with van der Waals surface area (Å²) in [7, 11) is 1.63. The molecule has 2 heterocycles. The predicted molar refractivity (Wildman–Crippen MR) is 82.4 cm³/mol. The van der Waals surface area contributed by atoms with Crippen molar-refractivity contribution < 1.29 is 9.53 Å². The normalized spacial score (nSPS) is 10.2. The van der Waals surface area contributed by atoms with Gasteiger partial charge in [0.2, 0.25) is 0 Å². The highest BCUT2D eigenvalue weighted by Crippen LogP contribution is 2.06. The van der Waals surface area contributed by atoms with Gasteiger partial charge in [0.15, 0.2) is 0 Å². The van der Waals surface area contributed by atoms with Crippen LogP contribution in [0.4, 0.5) is 5.82 Å². The molecule has 22 heavy (non-hydrogen) atoms. The van der Waals surface area contributed by atoms with Gasteiger partial charge in [-0.15, -0.1) is 0 Å². The first-order valence-electron chi connectivity index (χ1n) is 7.01. The lowest BCUT2D eigenvalue weighted by Crippen LogP contribution is -2.26. The third-order valence-electron chi connectivity index (χ3n) is 2.91. The molecule has 0 unspecified atom stereocenters. The number of carbonyl (C=O) groups excluding carboxylic acids is 1. The fourth-order valence-corrected chi connectivity index (χ4v) is 1.78. The maximum absolute atomic E-state index is 12.0. The molecular formula is C15H19N5O2. The number of nitrogens with one attached hydrogen (secondary N) is 2. The standard InChI is InChI=1S/C15H19N5O2/c1-22-7-3-6-17-15(21)13-8-14(20-11-19-13)18-10-12-4-2-5-16-9-12/h2,4-5,8-9,11H,3,6-7,10H2,1H3,(H,17,21)(H,18,19,20). The molecule has 0 fully saturated rings. The van der Waals surface area contributed by atoms with Crippen LogP contribution in [0.1, 0.15) is 22.5 Å². The Bertz CT molecular complexity index is 591. The van der Waals surface area contributed by atoms with E-state index in [0.717, 1.165) is 12.0 Å². The zero-order chi connectivity index (χ0) is 15.6. The first-order valence-corrected chi connectivity index (χ1v) is 7.01. The number of hydrogen-bond acceptors (Lipinski definition) is 6. The number of methoxy groups -OCH3 is 1. The average Bonchev–Trinajstić information content (AvgIpc) is 2.58. The molecule has 0 spiro atoms. The third-order valence-corrected chi connectivity index (χ3v) is 2.91. The number of carbonyl (C=O) groups is 1. The Morgan fingerprint density at radius 1 is 1.36 bits per heavy atom. The van der Waals surface area contributed by atoms with Crippen molar-refractivity contribution in [2.45, 2.75) is 13.0 Å². The maximum Gasteiger partial charge on any atom is 0.270 e.